The lowest BCUT2D eigenvalue weighted by Crippen LogP contribution is -2.34. The minimum Gasteiger partial charge on any atom is -0.381 e. The third kappa shape index (κ3) is 2.30. The topological polar surface area (TPSA) is 98.7 Å². The van der Waals surface area contributed by atoms with Gasteiger partial charge < -0.3 is 10.5 Å². The minimum absolute atomic E-state index is 0.0228. The molecule has 1 aliphatic carbocycles. The number of sulfonamides is 1. The zero-order valence-corrected chi connectivity index (χ0v) is 12.6. The van der Waals surface area contributed by atoms with Crippen molar-refractivity contribution in [2.45, 2.75) is 36.4 Å². The number of thiazole rings is 1. The molecule has 2 heterocycles. The molecule has 3 rings (SSSR count). The number of methoxy groups -OCH3 is 1. The summed E-state index contributed by atoms with van der Waals surface area (Å²) < 4.78 is 34.4. The standard InChI is InChI=1S/C11H16N4O3S2/c1-18-8-3-2-7(6-8)14-20(16,17)10-9(12)13-11-15(10)4-5-19-11/h4-5,7-8,14H,2-3,6,12H2,1H3. The van der Waals surface area contributed by atoms with Gasteiger partial charge in [0, 0.05) is 24.7 Å². The maximum atomic E-state index is 12.5. The van der Waals surface area contributed by atoms with Gasteiger partial charge in [0.05, 0.1) is 6.10 Å². The third-order valence-corrected chi connectivity index (χ3v) is 5.85. The largest absolute Gasteiger partial charge is 0.381 e. The van der Waals surface area contributed by atoms with Gasteiger partial charge in [-0.1, -0.05) is 0 Å². The summed E-state index contributed by atoms with van der Waals surface area (Å²) in [7, 11) is -2.04. The average molecular weight is 316 g/mol. The Morgan fingerprint density at radius 1 is 1.55 bits per heavy atom. The molecule has 0 spiro atoms. The van der Waals surface area contributed by atoms with Crippen molar-refractivity contribution >= 4 is 32.1 Å². The predicted molar refractivity (Wildman–Crippen MR) is 76.2 cm³/mol. The highest BCUT2D eigenvalue weighted by Gasteiger charge is 2.31. The summed E-state index contributed by atoms with van der Waals surface area (Å²) in [6, 6.07) is -0.117. The van der Waals surface area contributed by atoms with E-state index in [0.717, 1.165) is 12.8 Å². The van der Waals surface area contributed by atoms with Crippen LogP contribution < -0.4 is 10.5 Å². The summed E-state index contributed by atoms with van der Waals surface area (Å²) in [6.45, 7) is 0. The number of imidazole rings is 1. The molecule has 0 radical (unpaired) electrons. The SMILES string of the molecule is COC1CCC(NS(=O)(=O)c2c(N)nc3sccn23)C1. The lowest BCUT2D eigenvalue weighted by molar-refractivity contribution is 0.107. The number of nitrogens with zero attached hydrogens (tertiary/aromatic N) is 2. The zero-order chi connectivity index (χ0) is 14.3. The third-order valence-electron chi connectivity index (χ3n) is 3.54. The van der Waals surface area contributed by atoms with E-state index in [4.69, 9.17) is 10.5 Å². The molecule has 0 aromatic carbocycles. The predicted octanol–water partition coefficient (Wildman–Crippen LogP) is 0.824. The van der Waals surface area contributed by atoms with Crippen molar-refractivity contribution in [1.82, 2.24) is 14.1 Å². The number of nitrogens with one attached hydrogen (secondary N) is 1. The van der Waals surface area contributed by atoms with Crippen molar-refractivity contribution in [2.24, 2.45) is 0 Å². The van der Waals surface area contributed by atoms with Crippen molar-refractivity contribution in [1.29, 1.82) is 0 Å². The number of hydrogen-bond acceptors (Lipinski definition) is 6. The van der Waals surface area contributed by atoms with Crippen molar-refractivity contribution in [2.75, 3.05) is 12.8 Å². The summed E-state index contributed by atoms with van der Waals surface area (Å²) in [6.07, 6.45) is 4.08. The second-order valence-electron chi connectivity index (χ2n) is 4.85. The van der Waals surface area contributed by atoms with E-state index in [-0.39, 0.29) is 23.0 Å². The van der Waals surface area contributed by atoms with Crippen LogP contribution in [0.3, 0.4) is 0 Å². The summed E-state index contributed by atoms with van der Waals surface area (Å²) in [5.74, 6) is 0.0330. The molecule has 1 aliphatic rings. The number of ether oxygens (including phenoxy) is 1. The van der Waals surface area contributed by atoms with Gasteiger partial charge in [0.1, 0.15) is 0 Å². The van der Waals surface area contributed by atoms with E-state index >= 15 is 0 Å². The van der Waals surface area contributed by atoms with E-state index < -0.39 is 10.0 Å². The van der Waals surface area contributed by atoms with Crippen LogP contribution in [0.4, 0.5) is 5.82 Å². The lowest BCUT2D eigenvalue weighted by Gasteiger charge is -2.13. The summed E-state index contributed by atoms with van der Waals surface area (Å²) in [5, 5.41) is 1.80. The number of nitrogen functional groups attached to an aromatic ring is 1. The van der Waals surface area contributed by atoms with Crippen LogP contribution in [0.5, 0.6) is 0 Å². The quantitative estimate of drug-likeness (QED) is 0.870. The van der Waals surface area contributed by atoms with E-state index in [9.17, 15) is 8.42 Å². The van der Waals surface area contributed by atoms with E-state index in [2.05, 4.69) is 9.71 Å². The Labute approximate surface area is 120 Å². The Morgan fingerprint density at radius 2 is 2.35 bits per heavy atom. The molecular formula is C11H16N4O3S2. The number of rotatable bonds is 4. The van der Waals surface area contributed by atoms with Crippen LogP contribution >= 0.6 is 11.3 Å². The van der Waals surface area contributed by atoms with Crippen LogP contribution in [0.25, 0.3) is 4.96 Å². The molecule has 20 heavy (non-hydrogen) atoms. The highest BCUT2D eigenvalue weighted by molar-refractivity contribution is 7.89. The fraction of sp³-hybridized carbons (Fsp3) is 0.545. The Bertz CT molecular complexity index is 721. The molecule has 0 aliphatic heterocycles. The molecule has 3 N–H and O–H groups in total. The van der Waals surface area contributed by atoms with Gasteiger partial charge in [0.2, 0.25) is 0 Å². The molecule has 2 atom stereocenters. The van der Waals surface area contributed by atoms with Crippen LogP contribution in [0.15, 0.2) is 16.6 Å². The molecule has 2 aromatic rings. The molecule has 9 heteroatoms. The van der Waals surface area contributed by atoms with Gasteiger partial charge in [0.25, 0.3) is 10.0 Å². The van der Waals surface area contributed by atoms with Gasteiger partial charge >= 0.3 is 0 Å². The molecule has 7 nitrogen and oxygen atoms in total. The van der Waals surface area contributed by atoms with Crippen molar-refractivity contribution in [3.05, 3.63) is 11.6 Å². The van der Waals surface area contributed by atoms with Gasteiger partial charge in [-0.05, 0) is 19.3 Å². The molecule has 0 amide bonds. The van der Waals surface area contributed by atoms with Gasteiger partial charge in [-0.2, -0.15) is 0 Å². The first-order valence-electron chi connectivity index (χ1n) is 6.27. The second-order valence-corrected chi connectivity index (χ2v) is 7.35. The Kier molecular flexibility index (Phi) is 3.44. The first kappa shape index (κ1) is 13.8. The Hall–Kier alpha value is -1.16. The summed E-state index contributed by atoms with van der Waals surface area (Å²) in [4.78, 5) is 4.63. The molecule has 110 valence electrons. The molecule has 0 bridgehead atoms. The number of nitrogens with two attached hydrogens (primary N) is 1. The summed E-state index contributed by atoms with van der Waals surface area (Å²) in [5.41, 5.74) is 5.74. The van der Waals surface area contributed by atoms with Crippen LogP contribution in [0, 0.1) is 0 Å². The monoisotopic (exact) mass is 316 g/mol. The van der Waals surface area contributed by atoms with E-state index in [1.807, 2.05) is 0 Å². The van der Waals surface area contributed by atoms with E-state index in [0.29, 0.717) is 11.4 Å². The highest BCUT2D eigenvalue weighted by atomic mass is 32.2. The maximum Gasteiger partial charge on any atom is 0.260 e. The molecule has 1 fully saturated rings. The zero-order valence-electron chi connectivity index (χ0n) is 10.9. The second kappa shape index (κ2) is 4.99. The van der Waals surface area contributed by atoms with Gasteiger partial charge in [-0.25, -0.2) is 18.1 Å². The average Bonchev–Trinajstić information content (AvgIpc) is 3.03. The summed E-state index contributed by atoms with van der Waals surface area (Å²) >= 11 is 1.34. The Morgan fingerprint density at radius 3 is 3.05 bits per heavy atom. The van der Waals surface area contributed by atoms with Crippen molar-refractivity contribution < 1.29 is 13.2 Å². The number of anilines is 1. The Balaban J connectivity index is 1.88. The fourth-order valence-corrected chi connectivity index (χ4v) is 4.86. The number of aromatic nitrogens is 2. The molecule has 0 saturated heterocycles. The van der Waals surface area contributed by atoms with E-state index in [1.54, 1.807) is 18.7 Å². The first-order chi connectivity index (χ1) is 9.51. The van der Waals surface area contributed by atoms with Crippen LogP contribution in [0.1, 0.15) is 19.3 Å². The molecule has 1 saturated carbocycles. The fourth-order valence-electron chi connectivity index (χ4n) is 2.59. The van der Waals surface area contributed by atoms with Gasteiger partial charge in [-0.3, -0.25) is 4.40 Å². The highest BCUT2D eigenvalue weighted by Crippen LogP contribution is 2.26. The van der Waals surface area contributed by atoms with Crippen LogP contribution in [-0.4, -0.2) is 37.1 Å². The molecular weight excluding hydrogens is 300 g/mol. The minimum atomic E-state index is -3.68. The lowest BCUT2D eigenvalue weighted by atomic mass is 10.3. The number of fused-ring (bicyclic) bond motifs is 1. The van der Waals surface area contributed by atoms with Crippen molar-refractivity contribution in [3.63, 3.8) is 0 Å². The van der Waals surface area contributed by atoms with E-state index in [1.165, 1.54) is 15.7 Å². The molecule has 2 aromatic heterocycles. The van der Waals surface area contributed by atoms with Crippen LogP contribution in [0.2, 0.25) is 0 Å². The van der Waals surface area contributed by atoms with Gasteiger partial charge in [-0.15, -0.1) is 11.3 Å². The normalized spacial score (nSPS) is 23.6. The molecule has 2 unspecified atom stereocenters. The first-order valence-corrected chi connectivity index (χ1v) is 8.63. The van der Waals surface area contributed by atoms with Crippen molar-refractivity contribution in [3.8, 4) is 0 Å². The smallest absolute Gasteiger partial charge is 0.260 e. The maximum absolute atomic E-state index is 12.5. The number of hydrogen-bond donors (Lipinski definition) is 2. The van der Waals surface area contributed by atoms with Crippen LogP contribution in [-0.2, 0) is 14.8 Å². The van der Waals surface area contributed by atoms with Gasteiger partial charge in [0.15, 0.2) is 15.8 Å².